The van der Waals surface area contributed by atoms with Gasteiger partial charge in [0.05, 0.1) is 26.9 Å². The Bertz CT molecular complexity index is 626. The molecule has 19 heavy (non-hydrogen) atoms. The summed E-state index contributed by atoms with van der Waals surface area (Å²) in [5.41, 5.74) is 5.75. The van der Waals surface area contributed by atoms with Crippen molar-refractivity contribution in [3.63, 3.8) is 0 Å². The Morgan fingerprint density at radius 3 is 2.47 bits per heavy atom. The number of hydrogen-bond donors (Lipinski definition) is 1. The molecule has 0 radical (unpaired) electrons. The number of halogens is 2. The van der Waals surface area contributed by atoms with E-state index in [4.69, 9.17) is 33.7 Å². The third-order valence-electron chi connectivity index (χ3n) is 2.22. The van der Waals surface area contributed by atoms with Crippen LogP contribution in [0.5, 0.6) is 11.5 Å². The number of anilines is 1. The minimum Gasteiger partial charge on any atom is -0.452 e. The summed E-state index contributed by atoms with van der Waals surface area (Å²) >= 11 is 11.8. The largest absolute Gasteiger partial charge is 0.452 e. The lowest BCUT2D eigenvalue weighted by atomic mass is 10.3. The van der Waals surface area contributed by atoms with Gasteiger partial charge in [0.15, 0.2) is 11.5 Å². The molecule has 0 spiro atoms. The summed E-state index contributed by atoms with van der Waals surface area (Å²) in [5.74, 6) is 0.416. The predicted octanol–water partition coefficient (Wildman–Crippen LogP) is 3.67. The maximum atomic E-state index is 10.6. The Morgan fingerprint density at radius 2 is 1.95 bits per heavy atom. The van der Waals surface area contributed by atoms with E-state index < -0.39 is 4.92 Å². The van der Waals surface area contributed by atoms with Crippen LogP contribution < -0.4 is 10.5 Å². The zero-order valence-corrected chi connectivity index (χ0v) is 10.9. The van der Waals surface area contributed by atoms with Crippen LogP contribution in [-0.4, -0.2) is 9.91 Å². The molecule has 1 heterocycles. The van der Waals surface area contributed by atoms with Crippen LogP contribution in [0.1, 0.15) is 0 Å². The van der Waals surface area contributed by atoms with Gasteiger partial charge in [-0.1, -0.05) is 23.2 Å². The number of hydrogen-bond acceptors (Lipinski definition) is 5. The van der Waals surface area contributed by atoms with Crippen molar-refractivity contribution in [1.82, 2.24) is 4.98 Å². The van der Waals surface area contributed by atoms with E-state index >= 15 is 0 Å². The highest BCUT2D eigenvalue weighted by atomic mass is 35.5. The summed E-state index contributed by atoms with van der Waals surface area (Å²) in [5, 5.41) is 10.7. The smallest absolute Gasteiger partial charge is 0.272 e. The quantitative estimate of drug-likeness (QED) is 0.689. The Morgan fingerprint density at radius 1 is 1.32 bits per heavy atom. The standard InChI is InChI=1S/C11H7Cl2N3O3/c12-7-3-6(16(17)18)4-8(13)11(7)19-10-1-2-15-5-9(10)14/h1-5H,14H2. The summed E-state index contributed by atoms with van der Waals surface area (Å²) in [7, 11) is 0. The van der Waals surface area contributed by atoms with Crippen LogP contribution in [0.4, 0.5) is 11.4 Å². The SMILES string of the molecule is Nc1cnccc1Oc1c(Cl)cc([N+](=O)[O-])cc1Cl. The van der Waals surface area contributed by atoms with Gasteiger partial charge in [-0.05, 0) is 0 Å². The van der Waals surface area contributed by atoms with Gasteiger partial charge in [0, 0.05) is 24.4 Å². The second-order valence-electron chi connectivity index (χ2n) is 3.51. The van der Waals surface area contributed by atoms with E-state index in [1.54, 1.807) is 0 Å². The molecule has 0 aliphatic rings. The first-order valence-corrected chi connectivity index (χ1v) is 5.75. The highest BCUT2D eigenvalue weighted by Crippen LogP contribution is 2.40. The van der Waals surface area contributed by atoms with Gasteiger partial charge >= 0.3 is 0 Å². The van der Waals surface area contributed by atoms with E-state index in [2.05, 4.69) is 4.98 Å². The summed E-state index contributed by atoms with van der Waals surface area (Å²) in [6.45, 7) is 0. The number of nitrogens with zero attached hydrogens (tertiary/aromatic N) is 2. The molecule has 2 aromatic rings. The third-order valence-corrected chi connectivity index (χ3v) is 2.78. The average molecular weight is 300 g/mol. The number of nitro groups is 1. The first-order valence-electron chi connectivity index (χ1n) is 5.00. The monoisotopic (exact) mass is 299 g/mol. The topological polar surface area (TPSA) is 91.3 Å². The molecule has 0 saturated heterocycles. The molecule has 1 aromatic carbocycles. The number of nitro benzene ring substituents is 1. The number of rotatable bonds is 3. The molecule has 0 aliphatic carbocycles. The zero-order valence-electron chi connectivity index (χ0n) is 9.34. The lowest BCUT2D eigenvalue weighted by Crippen LogP contribution is -1.95. The van der Waals surface area contributed by atoms with Crippen molar-refractivity contribution < 1.29 is 9.66 Å². The number of nitrogen functional groups attached to an aromatic ring is 1. The van der Waals surface area contributed by atoms with Gasteiger partial charge in [-0.3, -0.25) is 15.1 Å². The van der Waals surface area contributed by atoms with Gasteiger partial charge in [-0.15, -0.1) is 0 Å². The average Bonchev–Trinajstić information content (AvgIpc) is 2.35. The normalized spacial score (nSPS) is 10.2. The first-order chi connectivity index (χ1) is 8.99. The number of nitrogens with two attached hydrogens (primary N) is 1. The van der Waals surface area contributed by atoms with Crippen LogP contribution in [0.3, 0.4) is 0 Å². The Kier molecular flexibility index (Phi) is 3.73. The number of benzene rings is 1. The molecule has 0 fully saturated rings. The summed E-state index contributed by atoms with van der Waals surface area (Å²) in [4.78, 5) is 13.9. The van der Waals surface area contributed by atoms with Gasteiger partial charge in [0.1, 0.15) is 0 Å². The molecule has 8 heteroatoms. The Labute approximate surface area is 117 Å². The zero-order chi connectivity index (χ0) is 14.0. The molecular formula is C11H7Cl2N3O3. The summed E-state index contributed by atoms with van der Waals surface area (Å²) < 4.78 is 5.45. The minimum absolute atomic E-state index is 0.0235. The molecular weight excluding hydrogens is 293 g/mol. The van der Waals surface area contributed by atoms with E-state index in [1.807, 2.05) is 0 Å². The van der Waals surface area contributed by atoms with Crippen molar-refractivity contribution >= 4 is 34.6 Å². The second kappa shape index (κ2) is 5.29. The summed E-state index contributed by atoms with van der Waals surface area (Å²) in [6.07, 6.45) is 2.89. The van der Waals surface area contributed by atoms with Crippen LogP contribution in [0.25, 0.3) is 0 Å². The van der Waals surface area contributed by atoms with Crippen LogP contribution in [-0.2, 0) is 0 Å². The number of non-ortho nitro benzene ring substituents is 1. The van der Waals surface area contributed by atoms with E-state index in [-0.39, 0.29) is 21.5 Å². The molecule has 6 nitrogen and oxygen atoms in total. The van der Waals surface area contributed by atoms with E-state index in [0.29, 0.717) is 11.4 Å². The van der Waals surface area contributed by atoms with Gasteiger partial charge in [0.2, 0.25) is 0 Å². The second-order valence-corrected chi connectivity index (χ2v) is 4.33. The van der Waals surface area contributed by atoms with Gasteiger partial charge in [0.25, 0.3) is 5.69 Å². The van der Waals surface area contributed by atoms with E-state index in [1.165, 1.54) is 18.5 Å². The molecule has 2 N–H and O–H groups in total. The molecule has 0 bridgehead atoms. The maximum absolute atomic E-state index is 10.6. The van der Waals surface area contributed by atoms with E-state index in [0.717, 1.165) is 12.1 Å². The minimum atomic E-state index is -0.595. The highest BCUT2D eigenvalue weighted by Gasteiger charge is 2.17. The molecule has 1 aromatic heterocycles. The predicted molar refractivity (Wildman–Crippen MR) is 71.8 cm³/mol. The van der Waals surface area contributed by atoms with Crippen molar-refractivity contribution in [2.45, 2.75) is 0 Å². The van der Waals surface area contributed by atoms with Crippen molar-refractivity contribution in [2.24, 2.45) is 0 Å². The van der Waals surface area contributed by atoms with Gasteiger partial charge in [-0.2, -0.15) is 0 Å². The molecule has 0 atom stereocenters. The summed E-state index contributed by atoms with van der Waals surface area (Å²) in [6, 6.07) is 3.84. The van der Waals surface area contributed by atoms with Crippen molar-refractivity contribution in [2.75, 3.05) is 5.73 Å². The number of ether oxygens (including phenoxy) is 1. The van der Waals surface area contributed by atoms with E-state index in [9.17, 15) is 10.1 Å². The first kappa shape index (κ1) is 13.4. The number of aromatic nitrogens is 1. The Hall–Kier alpha value is -2.05. The molecule has 98 valence electrons. The highest BCUT2D eigenvalue weighted by molar-refractivity contribution is 6.37. The fourth-order valence-electron chi connectivity index (χ4n) is 1.35. The molecule has 0 amide bonds. The number of pyridine rings is 1. The maximum Gasteiger partial charge on any atom is 0.272 e. The lowest BCUT2D eigenvalue weighted by molar-refractivity contribution is -0.384. The fraction of sp³-hybridized carbons (Fsp3) is 0. The van der Waals surface area contributed by atoms with Crippen molar-refractivity contribution in [3.05, 3.63) is 50.8 Å². The van der Waals surface area contributed by atoms with Crippen LogP contribution >= 0.6 is 23.2 Å². The van der Waals surface area contributed by atoms with Crippen LogP contribution in [0.15, 0.2) is 30.6 Å². The lowest BCUT2D eigenvalue weighted by Gasteiger charge is -2.10. The van der Waals surface area contributed by atoms with Gasteiger partial charge in [-0.25, -0.2) is 0 Å². The fourth-order valence-corrected chi connectivity index (χ4v) is 1.90. The molecule has 2 rings (SSSR count). The third kappa shape index (κ3) is 2.86. The van der Waals surface area contributed by atoms with Crippen molar-refractivity contribution in [3.8, 4) is 11.5 Å². The molecule has 0 unspecified atom stereocenters. The Balaban J connectivity index is 2.42. The van der Waals surface area contributed by atoms with Crippen molar-refractivity contribution in [1.29, 1.82) is 0 Å². The van der Waals surface area contributed by atoms with Gasteiger partial charge < -0.3 is 10.5 Å². The molecule has 0 saturated carbocycles. The molecule has 0 aliphatic heterocycles. The van der Waals surface area contributed by atoms with Crippen LogP contribution in [0, 0.1) is 10.1 Å². The van der Waals surface area contributed by atoms with Crippen LogP contribution in [0.2, 0.25) is 10.0 Å².